The van der Waals surface area contributed by atoms with Crippen LogP contribution in [-0.2, 0) is 4.74 Å². The van der Waals surface area contributed by atoms with E-state index in [4.69, 9.17) is 26.3 Å². The summed E-state index contributed by atoms with van der Waals surface area (Å²) >= 11 is 6.03. The van der Waals surface area contributed by atoms with E-state index < -0.39 is 0 Å². The summed E-state index contributed by atoms with van der Waals surface area (Å²) < 4.78 is 7.16. The van der Waals surface area contributed by atoms with Crippen LogP contribution in [0.1, 0.15) is 11.1 Å². The molecule has 0 spiro atoms. The van der Waals surface area contributed by atoms with E-state index in [2.05, 4.69) is 39.4 Å². The lowest BCUT2D eigenvalue weighted by atomic mass is 10.2. The third-order valence-electron chi connectivity index (χ3n) is 5.14. The third kappa shape index (κ3) is 4.42. The molecule has 8 nitrogen and oxygen atoms in total. The Bertz CT molecular complexity index is 1260. The first-order valence-corrected chi connectivity index (χ1v) is 10.7. The minimum Gasteiger partial charge on any atom is -0.378 e. The van der Waals surface area contributed by atoms with Crippen LogP contribution in [0.15, 0.2) is 60.0 Å². The van der Waals surface area contributed by atoms with E-state index in [1.165, 1.54) is 5.56 Å². The smallest absolute Gasteiger partial charge is 0.229 e. The number of fused-ring (bicyclic) bond motifs is 1. The Labute approximate surface area is 190 Å². The Morgan fingerprint density at radius 2 is 1.91 bits per heavy atom. The minimum atomic E-state index is 0.614. The van der Waals surface area contributed by atoms with Gasteiger partial charge in [0.25, 0.3) is 0 Å². The van der Waals surface area contributed by atoms with Crippen molar-refractivity contribution in [1.82, 2.24) is 19.6 Å². The van der Waals surface area contributed by atoms with Gasteiger partial charge in [0, 0.05) is 23.8 Å². The first-order chi connectivity index (χ1) is 15.7. The van der Waals surface area contributed by atoms with Crippen molar-refractivity contribution in [3.8, 4) is 0 Å². The molecule has 1 aliphatic heterocycles. The molecular formula is C23H22ClN7O. The summed E-state index contributed by atoms with van der Waals surface area (Å²) in [7, 11) is 0. The summed E-state index contributed by atoms with van der Waals surface area (Å²) in [6, 6.07) is 15.6. The Kier molecular flexibility index (Phi) is 5.70. The van der Waals surface area contributed by atoms with Gasteiger partial charge in [0.2, 0.25) is 5.95 Å². The Hall–Kier alpha value is -3.49. The van der Waals surface area contributed by atoms with Crippen LogP contribution in [-0.4, -0.2) is 52.1 Å². The maximum atomic E-state index is 6.03. The minimum absolute atomic E-state index is 0.614. The van der Waals surface area contributed by atoms with Gasteiger partial charge in [-0.25, -0.2) is 9.66 Å². The number of rotatable bonds is 5. The van der Waals surface area contributed by atoms with Crippen molar-refractivity contribution < 1.29 is 4.74 Å². The molecule has 0 unspecified atom stereocenters. The van der Waals surface area contributed by atoms with E-state index in [-0.39, 0.29) is 0 Å². The zero-order chi connectivity index (χ0) is 21.9. The molecule has 0 amide bonds. The van der Waals surface area contributed by atoms with Gasteiger partial charge in [0.05, 0.1) is 19.4 Å². The van der Waals surface area contributed by atoms with Gasteiger partial charge in [0.1, 0.15) is 6.33 Å². The molecule has 1 saturated heterocycles. The van der Waals surface area contributed by atoms with Crippen molar-refractivity contribution in [2.24, 2.45) is 5.10 Å². The van der Waals surface area contributed by atoms with Crippen molar-refractivity contribution in [2.45, 2.75) is 6.92 Å². The fourth-order valence-electron chi connectivity index (χ4n) is 3.50. The Morgan fingerprint density at radius 3 is 2.69 bits per heavy atom. The quantitative estimate of drug-likeness (QED) is 0.461. The normalized spacial score (nSPS) is 14.4. The first kappa shape index (κ1) is 20.4. The monoisotopic (exact) mass is 447 g/mol. The molecule has 2 aromatic carbocycles. The molecular weight excluding hydrogens is 426 g/mol. The standard InChI is InChI=1S/C23H22ClN7O/c1-16-3-2-4-17(13-16)14-26-31-15-25-20-21(27-19-7-5-18(24)6-8-19)28-23(29-22(20)31)30-9-11-32-12-10-30/h2-8,13-15H,9-12H2,1H3,(H,27,28,29). The average molecular weight is 448 g/mol. The Morgan fingerprint density at radius 1 is 1.09 bits per heavy atom. The van der Waals surface area contributed by atoms with E-state index in [1.807, 2.05) is 36.4 Å². The number of aromatic nitrogens is 4. The maximum Gasteiger partial charge on any atom is 0.229 e. The molecule has 0 aliphatic carbocycles. The third-order valence-corrected chi connectivity index (χ3v) is 5.39. The van der Waals surface area contributed by atoms with Gasteiger partial charge in [-0.15, -0.1) is 0 Å². The van der Waals surface area contributed by atoms with E-state index >= 15 is 0 Å². The highest BCUT2D eigenvalue weighted by atomic mass is 35.5. The van der Waals surface area contributed by atoms with Crippen molar-refractivity contribution in [3.63, 3.8) is 0 Å². The fraction of sp³-hybridized carbons (Fsp3) is 0.217. The number of anilines is 3. The largest absolute Gasteiger partial charge is 0.378 e. The molecule has 1 fully saturated rings. The molecule has 32 heavy (non-hydrogen) atoms. The fourth-order valence-corrected chi connectivity index (χ4v) is 3.63. The van der Waals surface area contributed by atoms with Crippen LogP contribution in [0.3, 0.4) is 0 Å². The molecule has 1 N–H and O–H groups in total. The van der Waals surface area contributed by atoms with Crippen LogP contribution < -0.4 is 10.2 Å². The SMILES string of the molecule is Cc1cccc(C=Nn2cnc3c(Nc4ccc(Cl)cc4)nc(N4CCOCC4)nc32)c1. The van der Waals surface area contributed by atoms with E-state index in [0.29, 0.717) is 41.2 Å². The zero-order valence-corrected chi connectivity index (χ0v) is 18.3. The highest BCUT2D eigenvalue weighted by Crippen LogP contribution is 2.26. The second kappa shape index (κ2) is 8.94. The second-order valence-electron chi connectivity index (χ2n) is 7.52. The number of morpholine rings is 1. The lowest BCUT2D eigenvalue weighted by molar-refractivity contribution is 0.122. The molecule has 9 heteroatoms. The van der Waals surface area contributed by atoms with Crippen LogP contribution in [0.2, 0.25) is 5.02 Å². The molecule has 1 aliphatic rings. The van der Waals surface area contributed by atoms with Crippen LogP contribution >= 0.6 is 11.6 Å². The van der Waals surface area contributed by atoms with Crippen LogP contribution in [0.5, 0.6) is 0 Å². The van der Waals surface area contributed by atoms with Crippen molar-refractivity contribution >= 4 is 46.4 Å². The van der Waals surface area contributed by atoms with Gasteiger partial charge < -0.3 is 15.0 Å². The number of nitrogens with zero attached hydrogens (tertiary/aromatic N) is 6. The number of aryl methyl sites for hydroxylation is 1. The number of benzene rings is 2. The summed E-state index contributed by atoms with van der Waals surface area (Å²) in [5.74, 6) is 1.23. The van der Waals surface area contributed by atoms with Gasteiger partial charge >= 0.3 is 0 Å². The van der Waals surface area contributed by atoms with E-state index in [9.17, 15) is 0 Å². The van der Waals surface area contributed by atoms with Gasteiger partial charge in [-0.2, -0.15) is 15.1 Å². The van der Waals surface area contributed by atoms with Crippen LogP contribution in [0, 0.1) is 6.92 Å². The molecule has 3 heterocycles. The van der Waals surface area contributed by atoms with Crippen LogP contribution in [0.4, 0.5) is 17.5 Å². The average Bonchev–Trinajstić information content (AvgIpc) is 3.23. The molecule has 0 saturated carbocycles. The highest BCUT2D eigenvalue weighted by molar-refractivity contribution is 6.30. The summed E-state index contributed by atoms with van der Waals surface area (Å²) in [4.78, 5) is 16.2. The van der Waals surface area contributed by atoms with Gasteiger partial charge in [-0.3, -0.25) is 0 Å². The number of ether oxygens (including phenoxy) is 1. The number of nitrogens with one attached hydrogen (secondary N) is 1. The Balaban J connectivity index is 1.56. The molecule has 5 rings (SSSR count). The van der Waals surface area contributed by atoms with Crippen LogP contribution in [0.25, 0.3) is 11.2 Å². The predicted octanol–water partition coefficient (Wildman–Crippen LogP) is 4.25. The summed E-state index contributed by atoms with van der Waals surface area (Å²) in [5, 5.41) is 8.63. The molecule has 0 radical (unpaired) electrons. The summed E-state index contributed by atoms with van der Waals surface area (Å²) in [6.07, 6.45) is 3.46. The molecule has 0 atom stereocenters. The van der Waals surface area contributed by atoms with Crippen molar-refractivity contribution in [1.29, 1.82) is 0 Å². The van der Waals surface area contributed by atoms with Gasteiger partial charge in [-0.05, 0) is 36.8 Å². The lowest BCUT2D eigenvalue weighted by Gasteiger charge is -2.27. The molecule has 0 bridgehead atoms. The predicted molar refractivity (Wildman–Crippen MR) is 127 cm³/mol. The number of hydrogen-bond donors (Lipinski definition) is 1. The first-order valence-electron chi connectivity index (χ1n) is 10.4. The van der Waals surface area contributed by atoms with E-state index in [0.717, 1.165) is 24.3 Å². The number of hydrogen-bond acceptors (Lipinski definition) is 7. The zero-order valence-electron chi connectivity index (χ0n) is 17.6. The molecule has 4 aromatic rings. The molecule has 162 valence electrons. The molecule has 2 aromatic heterocycles. The van der Waals surface area contributed by atoms with Crippen molar-refractivity contribution in [3.05, 3.63) is 71.0 Å². The van der Waals surface area contributed by atoms with Gasteiger partial charge in [-0.1, -0.05) is 41.4 Å². The second-order valence-corrected chi connectivity index (χ2v) is 7.96. The van der Waals surface area contributed by atoms with Gasteiger partial charge in [0.15, 0.2) is 17.0 Å². The summed E-state index contributed by atoms with van der Waals surface area (Å²) in [5.41, 5.74) is 4.31. The number of imidazole rings is 1. The summed E-state index contributed by atoms with van der Waals surface area (Å²) in [6.45, 7) is 4.80. The maximum absolute atomic E-state index is 6.03. The van der Waals surface area contributed by atoms with Crippen molar-refractivity contribution in [2.75, 3.05) is 36.5 Å². The lowest BCUT2D eigenvalue weighted by Crippen LogP contribution is -2.37. The number of halogens is 1. The van der Waals surface area contributed by atoms with E-state index in [1.54, 1.807) is 17.2 Å². The highest BCUT2D eigenvalue weighted by Gasteiger charge is 2.19. The topological polar surface area (TPSA) is 80.5 Å².